The second-order valence-electron chi connectivity index (χ2n) is 2.28. The number of hydrogen-bond acceptors (Lipinski definition) is 1. The molecule has 1 atom stereocenters. The first-order valence-electron chi connectivity index (χ1n) is 3.05. The maximum absolute atomic E-state index is 10.3. The van der Waals surface area contributed by atoms with Gasteiger partial charge in [0.05, 0.1) is 12.2 Å². The van der Waals surface area contributed by atoms with E-state index in [1.165, 1.54) is 0 Å². The predicted molar refractivity (Wildman–Crippen MR) is 29.1 cm³/mol. The van der Waals surface area contributed by atoms with Crippen molar-refractivity contribution in [3.63, 3.8) is 0 Å². The van der Waals surface area contributed by atoms with Crippen LogP contribution in [0.25, 0.3) is 0 Å². The Kier molecular flexibility index (Phi) is 1.54. The molecule has 1 radical (unpaired) electrons. The van der Waals surface area contributed by atoms with Crippen molar-refractivity contribution in [3.05, 3.63) is 0 Å². The molecule has 1 aliphatic heterocycles. The summed E-state index contributed by atoms with van der Waals surface area (Å²) in [7, 11) is 0. The summed E-state index contributed by atoms with van der Waals surface area (Å²) in [6.07, 6.45) is 1.84. The van der Waals surface area contributed by atoms with Crippen molar-refractivity contribution >= 4 is 0 Å². The van der Waals surface area contributed by atoms with Crippen LogP contribution in [0.3, 0.4) is 0 Å². The maximum atomic E-state index is 10.3. The van der Waals surface area contributed by atoms with Crippen LogP contribution in [0.15, 0.2) is 0 Å². The van der Waals surface area contributed by atoms with E-state index in [0.717, 1.165) is 19.4 Å². The molecule has 0 saturated carbocycles. The maximum Gasteiger partial charge on any atom is 0.111 e. The van der Waals surface area contributed by atoms with Gasteiger partial charge in [-0.25, -0.2) is 5.11 Å². The Morgan fingerprint density at radius 3 is 2.38 bits per heavy atom. The molecule has 2 nitrogen and oxygen atoms in total. The van der Waals surface area contributed by atoms with Crippen LogP contribution in [0.4, 0.5) is 0 Å². The highest BCUT2D eigenvalue weighted by Crippen LogP contribution is 2.28. The van der Waals surface area contributed by atoms with Crippen LogP contribution >= 0.6 is 0 Å². The van der Waals surface area contributed by atoms with E-state index in [4.69, 9.17) is 4.74 Å². The van der Waals surface area contributed by atoms with Crippen molar-refractivity contribution in [2.24, 2.45) is 0 Å². The van der Waals surface area contributed by atoms with Gasteiger partial charge in [-0.3, -0.25) is 0 Å². The standard InChI is InChI=1S/C6H11O2/c1-2-6(5-7)3-4-8-6/h2-5H2,1H3. The van der Waals surface area contributed by atoms with Crippen molar-refractivity contribution in [1.29, 1.82) is 0 Å². The lowest BCUT2D eigenvalue weighted by molar-refractivity contribution is -0.182. The molecule has 0 N–H and O–H groups in total. The Balaban J connectivity index is 2.33. The van der Waals surface area contributed by atoms with Crippen LogP contribution < -0.4 is 0 Å². The van der Waals surface area contributed by atoms with Crippen LogP contribution in [-0.4, -0.2) is 18.8 Å². The SMILES string of the molecule is CCC1(C[O])CCO1. The molecule has 0 bridgehead atoms. The topological polar surface area (TPSA) is 29.1 Å². The third-order valence-electron chi connectivity index (χ3n) is 1.87. The Morgan fingerprint density at radius 2 is 2.38 bits per heavy atom. The summed E-state index contributed by atoms with van der Waals surface area (Å²) in [6.45, 7) is 2.72. The molecule has 1 heterocycles. The van der Waals surface area contributed by atoms with Crippen molar-refractivity contribution in [2.75, 3.05) is 13.2 Å². The zero-order chi connectivity index (χ0) is 6.04. The molecular formula is C6H11O2. The van der Waals surface area contributed by atoms with Crippen molar-refractivity contribution < 1.29 is 9.84 Å². The fourth-order valence-corrected chi connectivity index (χ4v) is 0.885. The van der Waals surface area contributed by atoms with Crippen LogP contribution in [0.1, 0.15) is 19.8 Å². The van der Waals surface area contributed by atoms with E-state index >= 15 is 0 Å². The third-order valence-corrected chi connectivity index (χ3v) is 1.87. The Hall–Kier alpha value is -0.0800. The molecule has 0 aliphatic carbocycles. The third kappa shape index (κ3) is 0.740. The van der Waals surface area contributed by atoms with E-state index < -0.39 is 0 Å². The van der Waals surface area contributed by atoms with Crippen LogP contribution in [0.2, 0.25) is 0 Å². The summed E-state index contributed by atoms with van der Waals surface area (Å²) in [5.41, 5.74) is -0.250. The van der Waals surface area contributed by atoms with Gasteiger partial charge in [-0.2, -0.15) is 0 Å². The highest BCUT2D eigenvalue weighted by molar-refractivity contribution is 4.84. The second-order valence-corrected chi connectivity index (χ2v) is 2.28. The highest BCUT2D eigenvalue weighted by Gasteiger charge is 2.36. The Labute approximate surface area is 49.5 Å². The largest absolute Gasteiger partial charge is 0.372 e. The van der Waals surface area contributed by atoms with E-state index in [1.807, 2.05) is 6.92 Å². The lowest BCUT2D eigenvalue weighted by Gasteiger charge is -2.38. The summed E-state index contributed by atoms with van der Waals surface area (Å²) in [4.78, 5) is 0. The lowest BCUT2D eigenvalue weighted by atomic mass is 9.93. The monoisotopic (exact) mass is 115 g/mol. The molecule has 0 aromatic rings. The molecule has 47 valence electrons. The van der Waals surface area contributed by atoms with Gasteiger partial charge in [-0.1, -0.05) is 6.92 Å². The van der Waals surface area contributed by atoms with Gasteiger partial charge in [0.2, 0.25) is 0 Å². The molecule has 1 saturated heterocycles. The minimum atomic E-state index is -0.250. The van der Waals surface area contributed by atoms with Crippen molar-refractivity contribution in [2.45, 2.75) is 25.4 Å². The summed E-state index contributed by atoms with van der Waals surface area (Å²) in [6, 6.07) is 0. The van der Waals surface area contributed by atoms with E-state index in [9.17, 15) is 5.11 Å². The van der Waals surface area contributed by atoms with E-state index in [2.05, 4.69) is 0 Å². The Morgan fingerprint density at radius 1 is 1.75 bits per heavy atom. The Bertz CT molecular complexity index is 63.1. The van der Waals surface area contributed by atoms with E-state index in [0.29, 0.717) is 0 Å². The average molecular weight is 115 g/mol. The molecular weight excluding hydrogens is 104 g/mol. The smallest absolute Gasteiger partial charge is 0.111 e. The molecule has 0 aromatic carbocycles. The fourth-order valence-electron chi connectivity index (χ4n) is 0.885. The van der Waals surface area contributed by atoms with Gasteiger partial charge in [0, 0.05) is 6.42 Å². The zero-order valence-corrected chi connectivity index (χ0v) is 5.14. The lowest BCUT2D eigenvalue weighted by Crippen LogP contribution is -2.45. The van der Waals surface area contributed by atoms with Crippen molar-refractivity contribution in [3.8, 4) is 0 Å². The van der Waals surface area contributed by atoms with Gasteiger partial charge < -0.3 is 4.74 Å². The first kappa shape index (κ1) is 6.05. The zero-order valence-electron chi connectivity index (χ0n) is 5.14. The van der Waals surface area contributed by atoms with E-state index in [-0.39, 0.29) is 12.2 Å². The van der Waals surface area contributed by atoms with Crippen LogP contribution in [0, 0.1) is 0 Å². The first-order chi connectivity index (χ1) is 3.83. The van der Waals surface area contributed by atoms with Gasteiger partial charge in [0.25, 0.3) is 0 Å². The van der Waals surface area contributed by atoms with Crippen molar-refractivity contribution in [1.82, 2.24) is 0 Å². The number of ether oxygens (including phenoxy) is 1. The quantitative estimate of drug-likeness (QED) is 0.527. The minimum absolute atomic E-state index is 0.0660. The molecule has 0 spiro atoms. The number of hydrogen-bond donors (Lipinski definition) is 0. The summed E-state index contributed by atoms with van der Waals surface area (Å²) < 4.78 is 5.10. The normalized spacial score (nSPS) is 36.8. The van der Waals surface area contributed by atoms with E-state index in [1.54, 1.807) is 0 Å². The molecule has 1 aliphatic rings. The molecule has 0 aromatic heterocycles. The predicted octanol–water partition coefficient (Wildman–Crippen LogP) is 0.986. The second kappa shape index (κ2) is 2.03. The molecule has 1 fully saturated rings. The first-order valence-corrected chi connectivity index (χ1v) is 3.05. The van der Waals surface area contributed by atoms with Gasteiger partial charge in [0.1, 0.15) is 6.61 Å². The average Bonchev–Trinajstić information content (AvgIpc) is 1.67. The molecule has 1 rings (SSSR count). The molecule has 0 amide bonds. The van der Waals surface area contributed by atoms with Crippen LogP contribution in [-0.2, 0) is 9.84 Å². The highest BCUT2D eigenvalue weighted by atomic mass is 16.5. The molecule has 8 heavy (non-hydrogen) atoms. The van der Waals surface area contributed by atoms with Gasteiger partial charge >= 0.3 is 0 Å². The fraction of sp³-hybridized carbons (Fsp3) is 1.00. The minimum Gasteiger partial charge on any atom is -0.372 e. The molecule has 1 unspecified atom stereocenters. The molecule has 2 heteroatoms. The summed E-state index contributed by atoms with van der Waals surface area (Å²) in [5, 5.41) is 10.3. The van der Waals surface area contributed by atoms with Crippen LogP contribution in [0.5, 0.6) is 0 Å². The summed E-state index contributed by atoms with van der Waals surface area (Å²) >= 11 is 0. The number of rotatable bonds is 2. The van der Waals surface area contributed by atoms with Gasteiger partial charge in [-0.15, -0.1) is 0 Å². The summed E-state index contributed by atoms with van der Waals surface area (Å²) in [5.74, 6) is 0. The van der Waals surface area contributed by atoms with Gasteiger partial charge in [-0.05, 0) is 6.42 Å². The van der Waals surface area contributed by atoms with Gasteiger partial charge in [0.15, 0.2) is 0 Å².